The summed E-state index contributed by atoms with van der Waals surface area (Å²) in [5.41, 5.74) is 2.87. The van der Waals surface area contributed by atoms with Crippen LogP contribution in [0.1, 0.15) is 29.5 Å². The summed E-state index contributed by atoms with van der Waals surface area (Å²) >= 11 is 0. The third-order valence-electron chi connectivity index (χ3n) is 3.80. The largest absolute Gasteiger partial charge is 0.461 e. The van der Waals surface area contributed by atoms with Crippen LogP contribution in [0.4, 0.5) is 11.4 Å². The van der Waals surface area contributed by atoms with Crippen LogP contribution >= 0.6 is 0 Å². The first kappa shape index (κ1) is 19.1. The number of carbonyl (C=O) groups is 2. The minimum Gasteiger partial charge on any atom is -0.461 e. The number of benzene rings is 2. The van der Waals surface area contributed by atoms with Crippen LogP contribution in [0.5, 0.6) is 0 Å². The number of hydrogen-bond donors (Lipinski definition) is 1. The maximum Gasteiger partial charge on any atom is 0.306 e. The zero-order chi connectivity index (χ0) is 19.1. The number of nitro benzene ring substituents is 1. The third kappa shape index (κ3) is 5.41. The van der Waals surface area contributed by atoms with E-state index in [1.165, 1.54) is 12.1 Å². The van der Waals surface area contributed by atoms with Crippen LogP contribution < -0.4 is 5.32 Å². The van der Waals surface area contributed by atoms with Crippen molar-refractivity contribution in [1.82, 2.24) is 0 Å². The fourth-order valence-electron chi connectivity index (χ4n) is 2.34. The molecule has 0 aliphatic heterocycles. The minimum atomic E-state index is -0.584. The number of rotatable bonds is 7. The molecule has 0 aliphatic rings. The maximum absolute atomic E-state index is 12.0. The molecule has 0 spiro atoms. The Kier molecular flexibility index (Phi) is 6.43. The van der Waals surface area contributed by atoms with Crippen molar-refractivity contribution in [2.24, 2.45) is 0 Å². The topological polar surface area (TPSA) is 98.5 Å². The molecule has 1 amide bonds. The number of aryl methyl sites for hydroxylation is 2. The quantitative estimate of drug-likeness (QED) is 0.463. The van der Waals surface area contributed by atoms with Crippen LogP contribution in [-0.2, 0) is 20.9 Å². The Balaban J connectivity index is 1.82. The summed E-state index contributed by atoms with van der Waals surface area (Å²) in [6, 6.07) is 11.8. The maximum atomic E-state index is 12.0. The molecule has 0 aromatic heterocycles. The molecule has 0 fully saturated rings. The van der Waals surface area contributed by atoms with Crippen molar-refractivity contribution in [1.29, 1.82) is 0 Å². The average molecular weight is 356 g/mol. The summed E-state index contributed by atoms with van der Waals surface area (Å²) < 4.78 is 5.04. The lowest BCUT2D eigenvalue weighted by atomic mass is 10.1. The Morgan fingerprint density at radius 3 is 2.58 bits per heavy atom. The predicted octanol–water partition coefficient (Wildman–Crippen LogP) is 3.67. The number of nitrogens with zero attached hydrogens (tertiary/aromatic N) is 1. The van der Waals surface area contributed by atoms with Crippen LogP contribution in [0.25, 0.3) is 0 Å². The minimum absolute atomic E-state index is 0.0247. The van der Waals surface area contributed by atoms with E-state index in [1.807, 2.05) is 32.0 Å². The number of nitrogens with one attached hydrogen (secondary N) is 1. The highest BCUT2D eigenvalue weighted by Gasteiger charge is 2.15. The molecule has 0 aliphatic carbocycles. The molecule has 2 aromatic carbocycles. The highest BCUT2D eigenvalue weighted by atomic mass is 16.6. The van der Waals surface area contributed by atoms with Gasteiger partial charge in [0.1, 0.15) is 6.61 Å². The Labute approximate surface area is 151 Å². The molecule has 2 rings (SSSR count). The molecule has 0 unspecified atom stereocenters. The normalized spacial score (nSPS) is 10.2. The van der Waals surface area contributed by atoms with Crippen LogP contribution in [0.2, 0.25) is 0 Å². The average Bonchev–Trinajstić information content (AvgIpc) is 2.61. The standard InChI is InChI=1S/C19H20N2O5/c1-13-7-8-14(2)16(11-13)20-18(22)9-10-19(23)26-12-15-5-3-4-6-17(15)21(24)25/h3-8,11H,9-10,12H2,1-2H3,(H,20,22). The molecule has 0 saturated carbocycles. The fraction of sp³-hybridized carbons (Fsp3) is 0.263. The van der Waals surface area contributed by atoms with E-state index in [9.17, 15) is 19.7 Å². The van der Waals surface area contributed by atoms with E-state index in [0.717, 1.165) is 11.1 Å². The van der Waals surface area contributed by atoms with Gasteiger partial charge >= 0.3 is 5.97 Å². The van der Waals surface area contributed by atoms with Crippen LogP contribution in [0.15, 0.2) is 42.5 Å². The number of para-hydroxylation sites is 1. The van der Waals surface area contributed by atoms with E-state index in [0.29, 0.717) is 11.3 Å². The lowest BCUT2D eigenvalue weighted by Gasteiger charge is -2.09. The van der Waals surface area contributed by atoms with Gasteiger partial charge < -0.3 is 10.1 Å². The first-order valence-corrected chi connectivity index (χ1v) is 8.12. The van der Waals surface area contributed by atoms with Gasteiger partial charge in [0.25, 0.3) is 5.69 Å². The number of esters is 1. The molecule has 0 heterocycles. The molecule has 0 saturated heterocycles. The summed E-state index contributed by atoms with van der Waals surface area (Å²) in [4.78, 5) is 34.2. The summed E-state index contributed by atoms with van der Waals surface area (Å²) in [7, 11) is 0. The van der Waals surface area contributed by atoms with Gasteiger partial charge in [0.2, 0.25) is 5.91 Å². The molecule has 26 heavy (non-hydrogen) atoms. The lowest BCUT2D eigenvalue weighted by Crippen LogP contribution is -2.15. The lowest BCUT2D eigenvalue weighted by molar-refractivity contribution is -0.385. The zero-order valence-electron chi connectivity index (χ0n) is 14.7. The number of amides is 1. The van der Waals surface area contributed by atoms with Gasteiger partial charge in [-0.1, -0.05) is 24.3 Å². The van der Waals surface area contributed by atoms with E-state index < -0.39 is 10.9 Å². The third-order valence-corrected chi connectivity index (χ3v) is 3.80. The molecular weight excluding hydrogens is 336 g/mol. The number of ether oxygens (including phenoxy) is 1. The van der Waals surface area contributed by atoms with Gasteiger partial charge in [0.05, 0.1) is 16.9 Å². The van der Waals surface area contributed by atoms with Crippen molar-refractivity contribution in [2.45, 2.75) is 33.3 Å². The van der Waals surface area contributed by atoms with Crippen molar-refractivity contribution in [3.8, 4) is 0 Å². The smallest absolute Gasteiger partial charge is 0.306 e. The molecular formula is C19H20N2O5. The number of carbonyl (C=O) groups excluding carboxylic acids is 2. The predicted molar refractivity (Wildman–Crippen MR) is 96.7 cm³/mol. The van der Waals surface area contributed by atoms with E-state index in [4.69, 9.17) is 4.74 Å². The monoisotopic (exact) mass is 356 g/mol. The van der Waals surface area contributed by atoms with Crippen molar-refractivity contribution in [2.75, 3.05) is 5.32 Å². The van der Waals surface area contributed by atoms with Crippen LogP contribution in [0, 0.1) is 24.0 Å². The van der Waals surface area contributed by atoms with Gasteiger partial charge in [-0.2, -0.15) is 0 Å². The Morgan fingerprint density at radius 2 is 1.85 bits per heavy atom. The molecule has 136 valence electrons. The summed E-state index contributed by atoms with van der Waals surface area (Å²) in [6.07, 6.45) is -0.125. The van der Waals surface area contributed by atoms with Crippen LogP contribution in [-0.4, -0.2) is 16.8 Å². The summed E-state index contributed by atoms with van der Waals surface area (Å²) in [6.45, 7) is 3.61. The highest BCUT2D eigenvalue weighted by Crippen LogP contribution is 2.19. The second-order valence-electron chi connectivity index (χ2n) is 5.91. The molecule has 2 aromatic rings. The van der Waals surface area contributed by atoms with Crippen molar-refractivity contribution in [3.05, 3.63) is 69.3 Å². The van der Waals surface area contributed by atoms with Gasteiger partial charge in [-0.3, -0.25) is 19.7 Å². The first-order chi connectivity index (χ1) is 12.4. The van der Waals surface area contributed by atoms with Gasteiger partial charge in [-0.25, -0.2) is 0 Å². The number of nitro groups is 1. The Bertz CT molecular complexity index is 832. The number of hydrogen-bond acceptors (Lipinski definition) is 5. The van der Waals surface area contributed by atoms with Crippen molar-refractivity contribution >= 4 is 23.3 Å². The molecule has 0 bridgehead atoms. The molecule has 0 radical (unpaired) electrons. The summed E-state index contributed by atoms with van der Waals surface area (Å²) in [5, 5.41) is 13.7. The van der Waals surface area contributed by atoms with Gasteiger partial charge in [0, 0.05) is 18.2 Å². The Hall–Kier alpha value is -3.22. The Morgan fingerprint density at radius 1 is 1.12 bits per heavy atom. The van der Waals surface area contributed by atoms with Crippen LogP contribution in [0.3, 0.4) is 0 Å². The van der Waals surface area contributed by atoms with E-state index >= 15 is 0 Å². The van der Waals surface area contributed by atoms with Crippen molar-refractivity contribution in [3.63, 3.8) is 0 Å². The molecule has 7 nitrogen and oxygen atoms in total. The van der Waals surface area contributed by atoms with E-state index in [2.05, 4.69) is 5.32 Å². The van der Waals surface area contributed by atoms with Gasteiger partial charge in [-0.05, 0) is 37.1 Å². The molecule has 1 N–H and O–H groups in total. The highest BCUT2D eigenvalue weighted by molar-refractivity contribution is 5.93. The second kappa shape index (κ2) is 8.75. The first-order valence-electron chi connectivity index (χ1n) is 8.12. The van der Waals surface area contributed by atoms with E-state index in [1.54, 1.807) is 12.1 Å². The molecule has 7 heteroatoms. The number of anilines is 1. The van der Waals surface area contributed by atoms with Gasteiger partial charge in [0.15, 0.2) is 0 Å². The SMILES string of the molecule is Cc1ccc(C)c(NC(=O)CCC(=O)OCc2ccccc2[N+](=O)[O-])c1. The van der Waals surface area contributed by atoms with E-state index in [-0.39, 0.29) is 31.0 Å². The fourth-order valence-corrected chi connectivity index (χ4v) is 2.34. The second-order valence-corrected chi connectivity index (χ2v) is 5.91. The van der Waals surface area contributed by atoms with Crippen molar-refractivity contribution < 1.29 is 19.2 Å². The summed E-state index contributed by atoms with van der Waals surface area (Å²) in [5.74, 6) is -0.874. The zero-order valence-corrected chi connectivity index (χ0v) is 14.7. The molecule has 0 atom stereocenters. The van der Waals surface area contributed by atoms with Gasteiger partial charge in [-0.15, -0.1) is 0 Å².